The molecule has 2 atom stereocenters. The second-order valence-corrected chi connectivity index (χ2v) is 7.65. The van der Waals surface area contributed by atoms with Gasteiger partial charge in [0.25, 0.3) is 5.91 Å². The number of hydrogen-bond donors (Lipinski definition) is 1. The predicted molar refractivity (Wildman–Crippen MR) is 94.5 cm³/mol. The molecule has 1 heterocycles. The lowest BCUT2D eigenvalue weighted by molar-refractivity contribution is -0.149. The van der Waals surface area contributed by atoms with Crippen LogP contribution in [0.5, 0.6) is 0 Å². The first-order valence-corrected chi connectivity index (χ1v) is 9.26. The molecule has 0 bridgehead atoms. The van der Waals surface area contributed by atoms with Crippen molar-refractivity contribution in [3.05, 3.63) is 34.3 Å². The number of carbonyl (C=O) groups is 3. The fourth-order valence-corrected chi connectivity index (χ4v) is 4.05. The number of urea groups is 1. The molecule has 1 aliphatic carbocycles. The van der Waals surface area contributed by atoms with Crippen LogP contribution < -0.4 is 5.32 Å². The number of nitrogens with one attached hydrogen (secondary N) is 1. The first-order chi connectivity index (χ1) is 11.9. The van der Waals surface area contributed by atoms with E-state index in [4.69, 9.17) is 4.74 Å². The molecule has 1 aromatic rings. The number of nitrogens with zero attached hydrogens (tertiary/aromatic N) is 1. The van der Waals surface area contributed by atoms with E-state index in [2.05, 4.69) is 21.2 Å². The quantitative estimate of drug-likeness (QED) is 0.613. The third-order valence-corrected chi connectivity index (χ3v) is 5.57. The molecule has 2 aliphatic rings. The average Bonchev–Trinajstić information content (AvgIpc) is 2.81. The Balaban J connectivity index is 1.61. The highest BCUT2D eigenvalue weighted by atomic mass is 79.9. The first kappa shape index (κ1) is 17.9. The number of halogens is 1. The Bertz CT molecular complexity index is 708. The Hall–Kier alpha value is -1.89. The molecule has 134 valence electrons. The van der Waals surface area contributed by atoms with Crippen LogP contribution in [0.2, 0.25) is 0 Å². The zero-order valence-electron chi connectivity index (χ0n) is 14.1. The van der Waals surface area contributed by atoms with Gasteiger partial charge in [-0.1, -0.05) is 47.8 Å². The van der Waals surface area contributed by atoms with E-state index in [0.29, 0.717) is 6.42 Å². The van der Waals surface area contributed by atoms with Crippen LogP contribution in [0.1, 0.15) is 38.2 Å². The van der Waals surface area contributed by atoms with Crippen LogP contribution in [0.25, 0.3) is 0 Å². The summed E-state index contributed by atoms with van der Waals surface area (Å²) in [6, 6.07) is 6.91. The molecule has 0 radical (unpaired) electrons. The molecule has 7 heteroatoms. The van der Waals surface area contributed by atoms with Gasteiger partial charge in [-0.3, -0.25) is 14.5 Å². The molecule has 0 aromatic heterocycles. The smallest absolute Gasteiger partial charge is 0.326 e. The molecule has 3 rings (SSSR count). The molecule has 1 saturated heterocycles. The lowest BCUT2D eigenvalue weighted by Gasteiger charge is -2.36. The van der Waals surface area contributed by atoms with E-state index < -0.39 is 17.5 Å². The van der Waals surface area contributed by atoms with E-state index in [1.54, 1.807) is 0 Å². The van der Waals surface area contributed by atoms with Crippen LogP contribution in [0.3, 0.4) is 0 Å². The van der Waals surface area contributed by atoms with Crippen LogP contribution in [0.15, 0.2) is 28.7 Å². The highest BCUT2D eigenvalue weighted by molar-refractivity contribution is 9.10. The fraction of sp³-hybridized carbons (Fsp3) is 0.500. The Morgan fingerprint density at radius 3 is 2.92 bits per heavy atom. The highest BCUT2D eigenvalue weighted by Crippen LogP contribution is 2.38. The maximum absolute atomic E-state index is 12.8. The molecule has 1 aromatic carbocycles. The summed E-state index contributed by atoms with van der Waals surface area (Å²) in [6.45, 7) is 1.73. The van der Waals surface area contributed by atoms with Crippen molar-refractivity contribution in [2.24, 2.45) is 5.92 Å². The number of carbonyl (C=O) groups excluding carboxylic acids is 3. The minimum absolute atomic E-state index is 0.0698. The van der Waals surface area contributed by atoms with Crippen molar-refractivity contribution in [3.63, 3.8) is 0 Å². The molecule has 1 aliphatic heterocycles. The summed E-state index contributed by atoms with van der Waals surface area (Å²) in [5, 5.41) is 2.83. The van der Waals surface area contributed by atoms with Gasteiger partial charge in [-0.25, -0.2) is 4.79 Å². The number of hydrogen-bond acceptors (Lipinski definition) is 4. The number of imide groups is 1. The van der Waals surface area contributed by atoms with Crippen molar-refractivity contribution in [2.75, 3.05) is 6.54 Å². The van der Waals surface area contributed by atoms with Gasteiger partial charge >= 0.3 is 12.0 Å². The fourth-order valence-electron chi connectivity index (χ4n) is 3.60. The van der Waals surface area contributed by atoms with Crippen LogP contribution in [0, 0.1) is 5.92 Å². The van der Waals surface area contributed by atoms with Crippen molar-refractivity contribution in [1.82, 2.24) is 10.2 Å². The van der Waals surface area contributed by atoms with Crippen LogP contribution >= 0.6 is 15.9 Å². The van der Waals surface area contributed by atoms with E-state index >= 15 is 0 Å². The maximum atomic E-state index is 12.8. The number of ether oxygens (including phenoxy) is 1. The molecular weight excluding hydrogens is 388 g/mol. The van der Waals surface area contributed by atoms with Crippen molar-refractivity contribution < 1.29 is 19.1 Å². The van der Waals surface area contributed by atoms with Gasteiger partial charge in [-0.2, -0.15) is 0 Å². The minimum atomic E-state index is -0.847. The van der Waals surface area contributed by atoms with Crippen molar-refractivity contribution >= 4 is 33.8 Å². The first-order valence-electron chi connectivity index (χ1n) is 8.46. The molecule has 1 spiro atoms. The van der Waals surface area contributed by atoms with Gasteiger partial charge in [-0.05, 0) is 36.5 Å². The zero-order chi connectivity index (χ0) is 18.0. The standard InChI is InChI=1S/C18H21BrN2O4/c1-12-5-2-3-8-18(12)16(23)21(17(24)20-18)10-15(22)25-11-13-6-4-7-14(19)9-13/h4,6-7,9,12H,2-3,5,8,10-11H2,1H3,(H,20,24)/t12-,18+/m1/s1. The normalized spacial score (nSPS) is 26.0. The summed E-state index contributed by atoms with van der Waals surface area (Å²) in [7, 11) is 0. The Kier molecular flexibility index (Phi) is 5.13. The van der Waals surface area contributed by atoms with Crippen molar-refractivity contribution in [2.45, 2.75) is 44.8 Å². The van der Waals surface area contributed by atoms with Crippen LogP contribution in [-0.4, -0.2) is 34.9 Å². The maximum Gasteiger partial charge on any atom is 0.326 e. The van der Waals surface area contributed by atoms with Gasteiger partial charge in [-0.15, -0.1) is 0 Å². The van der Waals surface area contributed by atoms with E-state index in [1.165, 1.54) is 0 Å². The van der Waals surface area contributed by atoms with Gasteiger partial charge in [0.05, 0.1) is 0 Å². The lowest BCUT2D eigenvalue weighted by atomic mass is 9.73. The Labute approximate surface area is 155 Å². The zero-order valence-corrected chi connectivity index (χ0v) is 15.7. The molecule has 3 amide bonds. The van der Waals surface area contributed by atoms with Gasteiger partial charge in [0, 0.05) is 4.47 Å². The Morgan fingerprint density at radius 1 is 1.40 bits per heavy atom. The number of benzene rings is 1. The minimum Gasteiger partial charge on any atom is -0.459 e. The summed E-state index contributed by atoms with van der Waals surface area (Å²) < 4.78 is 6.10. The lowest BCUT2D eigenvalue weighted by Crippen LogP contribution is -2.54. The van der Waals surface area contributed by atoms with Gasteiger partial charge < -0.3 is 10.1 Å². The molecular formula is C18H21BrN2O4. The molecule has 0 unspecified atom stereocenters. The average molecular weight is 409 g/mol. The number of amides is 3. The number of rotatable bonds is 4. The van der Waals surface area contributed by atoms with Crippen molar-refractivity contribution in [1.29, 1.82) is 0 Å². The largest absolute Gasteiger partial charge is 0.459 e. The van der Waals surface area contributed by atoms with Gasteiger partial charge in [0.1, 0.15) is 18.7 Å². The predicted octanol–water partition coefficient (Wildman–Crippen LogP) is 2.99. The number of esters is 1. The molecule has 1 N–H and O–H groups in total. The van der Waals surface area contributed by atoms with E-state index in [1.807, 2.05) is 31.2 Å². The Morgan fingerprint density at radius 2 is 2.20 bits per heavy atom. The summed E-state index contributed by atoms with van der Waals surface area (Å²) in [4.78, 5) is 38.1. The SMILES string of the molecule is C[C@@H]1CCCC[C@]12NC(=O)N(CC(=O)OCc1cccc(Br)c1)C2=O. The third-order valence-electron chi connectivity index (χ3n) is 5.08. The molecule has 6 nitrogen and oxygen atoms in total. The third kappa shape index (κ3) is 3.56. The van der Waals surface area contributed by atoms with E-state index in [-0.39, 0.29) is 25.0 Å². The van der Waals surface area contributed by atoms with Crippen LogP contribution in [0.4, 0.5) is 4.79 Å². The molecule has 1 saturated carbocycles. The monoisotopic (exact) mass is 408 g/mol. The van der Waals surface area contributed by atoms with E-state index in [9.17, 15) is 14.4 Å². The van der Waals surface area contributed by atoms with Crippen molar-refractivity contribution in [3.8, 4) is 0 Å². The van der Waals surface area contributed by atoms with E-state index in [0.717, 1.165) is 34.2 Å². The van der Waals surface area contributed by atoms with Gasteiger partial charge in [0.2, 0.25) is 0 Å². The molecule has 25 heavy (non-hydrogen) atoms. The van der Waals surface area contributed by atoms with Gasteiger partial charge in [0.15, 0.2) is 0 Å². The second-order valence-electron chi connectivity index (χ2n) is 6.73. The summed E-state index contributed by atoms with van der Waals surface area (Å²) >= 11 is 3.36. The summed E-state index contributed by atoms with van der Waals surface area (Å²) in [5.41, 5.74) is -0.0165. The topological polar surface area (TPSA) is 75.7 Å². The summed E-state index contributed by atoms with van der Waals surface area (Å²) in [6.07, 6.45) is 3.48. The van der Waals surface area contributed by atoms with Crippen LogP contribution in [-0.2, 0) is 20.9 Å². The second kappa shape index (κ2) is 7.15. The summed E-state index contributed by atoms with van der Waals surface area (Å²) in [5.74, 6) is -0.825. The highest BCUT2D eigenvalue weighted by Gasteiger charge is 2.55. The molecule has 2 fully saturated rings.